The van der Waals surface area contributed by atoms with E-state index in [2.05, 4.69) is 15.0 Å². The molecule has 0 aliphatic heterocycles. The second kappa shape index (κ2) is 8.77. The summed E-state index contributed by atoms with van der Waals surface area (Å²) in [5.74, 6) is -2.24. The van der Waals surface area contributed by atoms with E-state index in [4.69, 9.17) is 0 Å². The summed E-state index contributed by atoms with van der Waals surface area (Å²) in [7, 11) is 0. The number of nitrogens with one attached hydrogen (secondary N) is 1. The number of halogens is 7. The first kappa shape index (κ1) is 23.5. The molecule has 3 rings (SSSR count). The van der Waals surface area contributed by atoms with Crippen molar-refractivity contribution < 1.29 is 40.3 Å². The van der Waals surface area contributed by atoms with Crippen molar-refractivity contribution in [2.24, 2.45) is 0 Å². The highest BCUT2D eigenvalue weighted by atomic mass is 32.1. The van der Waals surface area contributed by atoms with Crippen LogP contribution < -0.4 is 10.1 Å². The standard InChI is InChI=1S/C20H13F7N2O2S/c1-10(12-3-2-4-14(9-12)31-20(25,26)27)28-17(30)15-16(19(22,23)24)29-18(32-15)11-5-7-13(21)8-6-11/h2-10H,1H3,(H,28,30). The van der Waals surface area contributed by atoms with Crippen molar-refractivity contribution in [1.29, 1.82) is 0 Å². The molecule has 1 unspecified atom stereocenters. The van der Waals surface area contributed by atoms with E-state index >= 15 is 0 Å². The van der Waals surface area contributed by atoms with Gasteiger partial charge in [0, 0.05) is 5.56 Å². The Bertz CT molecular complexity index is 1110. The molecule has 3 aromatic rings. The van der Waals surface area contributed by atoms with Crippen LogP contribution in [-0.4, -0.2) is 17.3 Å². The minimum absolute atomic E-state index is 0.143. The van der Waals surface area contributed by atoms with Gasteiger partial charge in [0.1, 0.15) is 21.5 Å². The summed E-state index contributed by atoms with van der Waals surface area (Å²) in [6.45, 7) is 1.39. The summed E-state index contributed by atoms with van der Waals surface area (Å²) in [6, 6.07) is 8.29. The van der Waals surface area contributed by atoms with E-state index in [0.717, 1.165) is 24.3 Å². The Hall–Kier alpha value is -3.15. The van der Waals surface area contributed by atoms with Gasteiger partial charge in [-0.3, -0.25) is 4.79 Å². The molecule has 0 saturated carbocycles. The molecule has 1 atom stereocenters. The zero-order chi connectivity index (χ0) is 23.7. The fourth-order valence-electron chi connectivity index (χ4n) is 2.71. The topological polar surface area (TPSA) is 51.2 Å². The average Bonchev–Trinajstić information content (AvgIpc) is 3.13. The number of aromatic nitrogens is 1. The molecular formula is C20H13F7N2O2S. The van der Waals surface area contributed by atoms with Crippen LogP contribution in [0.25, 0.3) is 10.6 Å². The van der Waals surface area contributed by atoms with Crippen LogP contribution in [0.1, 0.15) is 33.9 Å². The second-order valence-electron chi connectivity index (χ2n) is 6.52. The summed E-state index contributed by atoms with van der Waals surface area (Å²) in [5.41, 5.74) is -1.05. The summed E-state index contributed by atoms with van der Waals surface area (Å²) >= 11 is 0.463. The van der Waals surface area contributed by atoms with Crippen LogP contribution in [0.15, 0.2) is 48.5 Å². The van der Waals surface area contributed by atoms with Gasteiger partial charge in [-0.05, 0) is 48.9 Å². The number of alkyl halides is 6. The number of rotatable bonds is 5. The molecule has 0 bridgehead atoms. The number of nitrogens with zero attached hydrogens (tertiary/aromatic N) is 1. The molecule has 0 saturated heterocycles. The monoisotopic (exact) mass is 478 g/mol. The Morgan fingerprint density at radius 1 is 1.06 bits per heavy atom. The fourth-order valence-corrected chi connectivity index (χ4v) is 3.70. The normalized spacial score (nSPS) is 13.0. The Morgan fingerprint density at radius 3 is 2.31 bits per heavy atom. The molecule has 1 N–H and O–H groups in total. The van der Waals surface area contributed by atoms with Gasteiger partial charge in [-0.25, -0.2) is 9.37 Å². The van der Waals surface area contributed by atoms with Crippen molar-refractivity contribution in [3.8, 4) is 16.3 Å². The lowest BCUT2D eigenvalue weighted by molar-refractivity contribution is -0.274. The van der Waals surface area contributed by atoms with Crippen LogP contribution >= 0.6 is 11.3 Å². The largest absolute Gasteiger partial charge is 0.573 e. The number of ether oxygens (including phenoxy) is 1. The lowest BCUT2D eigenvalue weighted by Crippen LogP contribution is -2.28. The Labute approximate surface area is 180 Å². The van der Waals surface area contributed by atoms with Crippen molar-refractivity contribution in [1.82, 2.24) is 10.3 Å². The highest BCUT2D eigenvalue weighted by Gasteiger charge is 2.40. The van der Waals surface area contributed by atoms with E-state index in [1.807, 2.05) is 0 Å². The quantitative estimate of drug-likeness (QED) is 0.435. The molecule has 32 heavy (non-hydrogen) atoms. The third kappa shape index (κ3) is 5.75. The zero-order valence-electron chi connectivity index (χ0n) is 16.0. The van der Waals surface area contributed by atoms with E-state index in [0.29, 0.717) is 11.3 Å². The first-order valence-corrected chi connectivity index (χ1v) is 9.65. The maximum absolute atomic E-state index is 13.5. The number of hydrogen-bond acceptors (Lipinski definition) is 4. The van der Waals surface area contributed by atoms with Gasteiger partial charge in [0.05, 0.1) is 6.04 Å². The number of benzene rings is 2. The van der Waals surface area contributed by atoms with Gasteiger partial charge < -0.3 is 10.1 Å². The van der Waals surface area contributed by atoms with E-state index < -0.39 is 46.6 Å². The van der Waals surface area contributed by atoms with E-state index in [1.165, 1.54) is 31.2 Å². The Morgan fingerprint density at radius 2 is 1.72 bits per heavy atom. The van der Waals surface area contributed by atoms with Crippen molar-refractivity contribution >= 4 is 17.2 Å². The average molecular weight is 478 g/mol. The maximum atomic E-state index is 13.5. The van der Waals surface area contributed by atoms with Crippen LogP contribution in [0, 0.1) is 5.82 Å². The van der Waals surface area contributed by atoms with Crippen molar-refractivity contribution in [2.45, 2.75) is 25.5 Å². The number of carbonyl (C=O) groups excluding carboxylic acids is 1. The van der Waals surface area contributed by atoms with E-state index in [-0.39, 0.29) is 16.1 Å². The summed E-state index contributed by atoms with van der Waals surface area (Å²) in [4.78, 5) is 15.4. The zero-order valence-corrected chi connectivity index (χ0v) is 16.8. The van der Waals surface area contributed by atoms with Crippen LogP contribution in [0.4, 0.5) is 30.7 Å². The first-order valence-electron chi connectivity index (χ1n) is 8.84. The molecule has 0 spiro atoms. The van der Waals surface area contributed by atoms with Gasteiger partial charge in [0.25, 0.3) is 5.91 Å². The van der Waals surface area contributed by atoms with Crippen LogP contribution in [0.3, 0.4) is 0 Å². The van der Waals surface area contributed by atoms with Gasteiger partial charge in [-0.15, -0.1) is 24.5 Å². The van der Waals surface area contributed by atoms with Crippen molar-refractivity contribution in [2.75, 3.05) is 0 Å². The predicted molar refractivity (Wildman–Crippen MR) is 102 cm³/mol. The van der Waals surface area contributed by atoms with E-state index in [9.17, 15) is 35.5 Å². The maximum Gasteiger partial charge on any atom is 0.573 e. The highest BCUT2D eigenvalue weighted by Crippen LogP contribution is 2.38. The van der Waals surface area contributed by atoms with Crippen molar-refractivity contribution in [3.63, 3.8) is 0 Å². The molecule has 1 aromatic heterocycles. The van der Waals surface area contributed by atoms with Crippen LogP contribution in [0.5, 0.6) is 5.75 Å². The van der Waals surface area contributed by atoms with E-state index in [1.54, 1.807) is 0 Å². The molecular weight excluding hydrogens is 465 g/mol. The molecule has 1 heterocycles. The smallest absolute Gasteiger partial charge is 0.406 e. The van der Waals surface area contributed by atoms with Crippen LogP contribution in [-0.2, 0) is 6.18 Å². The lowest BCUT2D eigenvalue weighted by atomic mass is 10.1. The Kier molecular flexibility index (Phi) is 6.44. The van der Waals surface area contributed by atoms with Crippen LogP contribution in [0.2, 0.25) is 0 Å². The number of thiazole rings is 1. The molecule has 4 nitrogen and oxygen atoms in total. The van der Waals surface area contributed by atoms with Gasteiger partial charge >= 0.3 is 12.5 Å². The minimum atomic E-state index is -4.94. The Balaban J connectivity index is 1.87. The third-order valence-electron chi connectivity index (χ3n) is 4.13. The molecule has 0 aliphatic rings. The van der Waals surface area contributed by atoms with Gasteiger partial charge in [0.15, 0.2) is 5.69 Å². The molecule has 12 heteroatoms. The van der Waals surface area contributed by atoms with Gasteiger partial charge in [-0.1, -0.05) is 12.1 Å². The first-order chi connectivity index (χ1) is 14.8. The fraction of sp³-hybridized carbons (Fsp3) is 0.200. The highest BCUT2D eigenvalue weighted by molar-refractivity contribution is 7.17. The predicted octanol–water partition coefficient (Wildman–Crippen LogP) is 6.36. The molecule has 2 aromatic carbocycles. The lowest BCUT2D eigenvalue weighted by Gasteiger charge is -2.16. The second-order valence-corrected chi connectivity index (χ2v) is 7.52. The van der Waals surface area contributed by atoms with Crippen molar-refractivity contribution in [3.05, 3.63) is 70.5 Å². The summed E-state index contributed by atoms with van der Waals surface area (Å²) in [5, 5.41) is 2.18. The number of amides is 1. The molecule has 0 radical (unpaired) electrons. The molecule has 0 aliphatic carbocycles. The number of carbonyl (C=O) groups is 1. The minimum Gasteiger partial charge on any atom is -0.406 e. The molecule has 0 fully saturated rings. The summed E-state index contributed by atoms with van der Waals surface area (Å²) in [6.07, 6.45) is -9.86. The third-order valence-corrected chi connectivity index (χ3v) is 5.24. The number of hydrogen-bond donors (Lipinski definition) is 1. The van der Waals surface area contributed by atoms with Gasteiger partial charge in [-0.2, -0.15) is 13.2 Å². The summed E-state index contributed by atoms with van der Waals surface area (Å²) < 4.78 is 94.5. The molecule has 170 valence electrons. The molecule has 1 amide bonds. The van der Waals surface area contributed by atoms with Gasteiger partial charge in [0.2, 0.25) is 0 Å². The SMILES string of the molecule is CC(NC(=O)c1sc(-c2ccc(F)cc2)nc1C(F)(F)F)c1cccc(OC(F)(F)F)c1.